The molecule has 0 bridgehead atoms. The fourth-order valence-electron chi connectivity index (χ4n) is 3.31. The Labute approximate surface area is 226 Å². The zero-order valence-corrected chi connectivity index (χ0v) is 22.5. The molecule has 0 saturated carbocycles. The van der Waals surface area contributed by atoms with E-state index in [4.69, 9.17) is 42.1 Å². The Balaban J connectivity index is 1.54. The van der Waals surface area contributed by atoms with E-state index in [0.29, 0.717) is 58.7 Å². The van der Waals surface area contributed by atoms with Crippen LogP contribution in [0.1, 0.15) is 15.9 Å². The number of pyridine rings is 1. The summed E-state index contributed by atoms with van der Waals surface area (Å²) in [5.74, 6) is 1.27. The smallest absolute Gasteiger partial charge is 0.258 e. The molecule has 4 rings (SSSR count). The number of ether oxygens (including phenoxy) is 4. The molecule has 1 amide bonds. The van der Waals surface area contributed by atoms with Crippen LogP contribution in [-0.2, 0) is 16.1 Å². The number of hydrogen-bond acceptors (Lipinski definition) is 10. The molecule has 13 heteroatoms. The largest absolute Gasteiger partial charge is 0.495 e. The van der Waals surface area contributed by atoms with Gasteiger partial charge in [-0.3, -0.25) is 4.79 Å². The van der Waals surface area contributed by atoms with Gasteiger partial charge in [-0.1, -0.05) is 29.3 Å². The van der Waals surface area contributed by atoms with E-state index in [1.54, 1.807) is 24.8 Å². The summed E-state index contributed by atoms with van der Waals surface area (Å²) in [7, 11) is 4.54. The molecule has 3 aromatic heterocycles. The third kappa shape index (κ3) is 6.03. The van der Waals surface area contributed by atoms with Crippen LogP contribution in [0.2, 0.25) is 10.0 Å². The highest BCUT2D eigenvalue weighted by Gasteiger charge is 2.22. The van der Waals surface area contributed by atoms with E-state index in [1.165, 1.54) is 31.9 Å². The number of amides is 1. The van der Waals surface area contributed by atoms with Gasteiger partial charge in [0, 0.05) is 24.8 Å². The molecule has 0 aliphatic rings. The minimum Gasteiger partial charge on any atom is -0.495 e. The first-order valence-corrected chi connectivity index (χ1v) is 12.5. The molecule has 1 aromatic carbocycles. The van der Waals surface area contributed by atoms with Crippen LogP contribution in [0.15, 0.2) is 36.1 Å². The lowest BCUT2D eigenvalue weighted by molar-refractivity contribution is 0.0615. The van der Waals surface area contributed by atoms with Gasteiger partial charge in [0.25, 0.3) is 5.91 Å². The van der Waals surface area contributed by atoms with Crippen LogP contribution in [0.25, 0.3) is 10.2 Å². The van der Waals surface area contributed by atoms with Crippen molar-refractivity contribution in [1.82, 2.24) is 15.0 Å². The molecule has 4 aromatic rings. The van der Waals surface area contributed by atoms with Crippen molar-refractivity contribution in [3.63, 3.8) is 0 Å². The molecule has 0 aliphatic heterocycles. The van der Waals surface area contributed by atoms with Crippen molar-refractivity contribution in [2.24, 2.45) is 0 Å². The van der Waals surface area contributed by atoms with E-state index in [2.05, 4.69) is 25.6 Å². The molecule has 2 N–H and O–H groups in total. The number of fused-ring (bicyclic) bond motifs is 1. The zero-order valence-electron chi connectivity index (χ0n) is 20.1. The predicted molar refractivity (Wildman–Crippen MR) is 144 cm³/mol. The highest BCUT2D eigenvalue weighted by molar-refractivity contribution is 7.18. The second-order valence-electron chi connectivity index (χ2n) is 7.51. The van der Waals surface area contributed by atoms with E-state index in [9.17, 15) is 4.79 Å². The zero-order chi connectivity index (χ0) is 26.4. The number of rotatable bonds is 11. The van der Waals surface area contributed by atoms with Crippen molar-refractivity contribution >= 4 is 68.0 Å². The summed E-state index contributed by atoms with van der Waals surface area (Å²) < 4.78 is 21.7. The normalized spacial score (nSPS) is 10.9. The average Bonchev–Trinajstić information content (AvgIpc) is 3.35. The molecule has 194 valence electrons. The van der Waals surface area contributed by atoms with Gasteiger partial charge < -0.3 is 29.6 Å². The molecule has 10 nitrogen and oxygen atoms in total. The average molecular weight is 564 g/mol. The minimum absolute atomic E-state index is 0.150. The summed E-state index contributed by atoms with van der Waals surface area (Å²) in [5, 5.41) is 7.92. The Bertz CT molecular complexity index is 1370. The quantitative estimate of drug-likeness (QED) is 0.226. The highest BCUT2D eigenvalue weighted by Crippen LogP contribution is 2.44. The van der Waals surface area contributed by atoms with Crippen molar-refractivity contribution < 1.29 is 23.7 Å². The number of aromatic nitrogens is 3. The first-order chi connectivity index (χ1) is 18.0. The van der Waals surface area contributed by atoms with Crippen LogP contribution in [0.4, 0.5) is 17.3 Å². The van der Waals surface area contributed by atoms with Crippen molar-refractivity contribution in [3.8, 4) is 11.5 Å². The van der Waals surface area contributed by atoms with Gasteiger partial charge >= 0.3 is 0 Å². The number of methoxy groups -OCH3 is 3. The van der Waals surface area contributed by atoms with Crippen LogP contribution in [-0.4, -0.2) is 55.4 Å². The molecule has 0 aliphatic carbocycles. The lowest BCUT2D eigenvalue weighted by Gasteiger charge is -2.15. The van der Waals surface area contributed by atoms with Gasteiger partial charge in [0.05, 0.1) is 55.5 Å². The number of nitrogens with zero attached hydrogens (tertiary/aromatic N) is 3. The number of carbonyl (C=O) groups excluding carboxylic acids is 1. The van der Waals surface area contributed by atoms with Gasteiger partial charge in [0.1, 0.15) is 33.7 Å². The van der Waals surface area contributed by atoms with Gasteiger partial charge in [0.15, 0.2) is 5.82 Å². The van der Waals surface area contributed by atoms with Gasteiger partial charge in [-0.2, -0.15) is 0 Å². The van der Waals surface area contributed by atoms with Crippen LogP contribution in [0.3, 0.4) is 0 Å². The Kier molecular flexibility index (Phi) is 8.95. The third-order valence-corrected chi connectivity index (χ3v) is 6.91. The number of hydrogen-bond donors (Lipinski definition) is 2. The molecular formula is C24H23Cl2N5O5S. The van der Waals surface area contributed by atoms with Crippen LogP contribution in [0.5, 0.6) is 11.5 Å². The van der Waals surface area contributed by atoms with Crippen molar-refractivity contribution in [2.75, 3.05) is 45.2 Å². The number of benzene rings is 1. The standard InChI is InChI=1S/C24H23Cl2N5O5S/c1-33-6-7-36-10-13-4-5-17(27-9-13)30-23-22-20(28-12-29-23)14(11-37-22)24(32)31-21-18(25)15(34-2)8-16(35-3)19(21)26/h4-5,8-9,11-12H,6-7,10H2,1-3H3,(H,31,32)(H,27,28,29,30). The Hall–Kier alpha value is -3.22. The number of nitrogens with one attached hydrogen (secondary N) is 2. The molecule has 0 spiro atoms. The van der Waals surface area contributed by atoms with E-state index in [0.717, 1.165) is 5.56 Å². The molecule has 0 unspecified atom stereocenters. The van der Waals surface area contributed by atoms with Crippen molar-refractivity contribution in [1.29, 1.82) is 0 Å². The first-order valence-electron chi connectivity index (χ1n) is 10.9. The highest BCUT2D eigenvalue weighted by atomic mass is 35.5. The molecule has 0 radical (unpaired) electrons. The van der Waals surface area contributed by atoms with Gasteiger partial charge in [-0.15, -0.1) is 11.3 Å². The molecule has 37 heavy (non-hydrogen) atoms. The summed E-state index contributed by atoms with van der Waals surface area (Å²) >= 11 is 14.1. The predicted octanol–water partition coefficient (Wildman–Crippen LogP) is 5.57. The number of carbonyl (C=O) groups is 1. The van der Waals surface area contributed by atoms with E-state index < -0.39 is 5.91 Å². The van der Waals surface area contributed by atoms with Gasteiger partial charge in [-0.05, 0) is 11.6 Å². The monoisotopic (exact) mass is 563 g/mol. The third-order valence-electron chi connectivity index (χ3n) is 5.18. The molecule has 0 atom stereocenters. The topological polar surface area (TPSA) is 117 Å². The SMILES string of the molecule is COCCOCc1ccc(Nc2ncnc3c(C(=O)Nc4c(Cl)c(OC)cc(OC)c4Cl)csc23)nc1. The Morgan fingerprint density at radius 1 is 1.03 bits per heavy atom. The maximum atomic E-state index is 13.2. The van der Waals surface area contributed by atoms with Crippen molar-refractivity contribution in [2.45, 2.75) is 6.61 Å². The molecule has 0 fully saturated rings. The van der Waals surface area contributed by atoms with Gasteiger partial charge in [0.2, 0.25) is 0 Å². The van der Waals surface area contributed by atoms with E-state index >= 15 is 0 Å². The Morgan fingerprint density at radius 2 is 1.78 bits per heavy atom. The van der Waals surface area contributed by atoms with E-state index in [-0.39, 0.29) is 15.7 Å². The maximum Gasteiger partial charge on any atom is 0.258 e. The number of halogens is 2. The number of anilines is 3. The first kappa shape index (κ1) is 26.8. The number of thiophene rings is 1. The summed E-state index contributed by atoms with van der Waals surface area (Å²) in [4.78, 5) is 26.3. The van der Waals surface area contributed by atoms with Gasteiger partial charge in [-0.25, -0.2) is 15.0 Å². The summed E-state index contributed by atoms with van der Waals surface area (Å²) in [6.07, 6.45) is 3.09. The van der Waals surface area contributed by atoms with Crippen LogP contribution < -0.4 is 20.1 Å². The fourth-order valence-corrected chi connectivity index (χ4v) is 4.85. The van der Waals surface area contributed by atoms with Crippen LogP contribution >= 0.6 is 34.5 Å². The summed E-state index contributed by atoms with van der Waals surface area (Å²) in [6.45, 7) is 1.48. The molecule has 0 saturated heterocycles. The fraction of sp³-hybridized carbons (Fsp3) is 0.250. The maximum absolute atomic E-state index is 13.2. The summed E-state index contributed by atoms with van der Waals surface area (Å²) in [6, 6.07) is 5.27. The second kappa shape index (κ2) is 12.3. The summed E-state index contributed by atoms with van der Waals surface area (Å²) in [5.41, 5.74) is 1.89. The lowest BCUT2D eigenvalue weighted by Crippen LogP contribution is -2.13. The van der Waals surface area contributed by atoms with Crippen LogP contribution in [0, 0.1) is 0 Å². The van der Waals surface area contributed by atoms with Crippen molar-refractivity contribution in [3.05, 3.63) is 57.3 Å². The second-order valence-corrected chi connectivity index (χ2v) is 9.15. The van der Waals surface area contributed by atoms with E-state index in [1.807, 2.05) is 12.1 Å². The minimum atomic E-state index is -0.453. The lowest BCUT2D eigenvalue weighted by atomic mass is 10.2. The molecule has 3 heterocycles. The Morgan fingerprint density at radius 3 is 2.43 bits per heavy atom. The molecular weight excluding hydrogens is 541 g/mol.